The molecule has 0 fully saturated rings. The molecule has 0 spiro atoms. The average molecular weight is 695 g/mol. The van der Waals surface area contributed by atoms with Crippen LogP contribution in [0.3, 0.4) is 0 Å². The molecule has 6 nitrogen and oxygen atoms in total. The molecule has 0 saturated heterocycles. The summed E-state index contributed by atoms with van der Waals surface area (Å²) in [5.41, 5.74) is 1.53. The van der Waals surface area contributed by atoms with Gasteiger partial charge in [0.15, 0.2) is 9.84 Å². The molecule has 0 N–H and O–H groups in total. The number of hydrogen-bond acceptors (Lipinski definition) is 7. The van der Waals surface area contributed by atoms with Gasteiger partial charge in [-0.25, -0.2) is 18.4 Å². The molecule has 0 radical (unpaired) electrons. The van der Waals surface area contributed by atoms with Crippen LogP contribution in [0.5, 0.6) is 11.5 Å². The standard InChI is InChI=1S/C21H17NO3S.C21H17NOS/c23-26(24,20-14-8-3-9-15-20)17-16-21(22-18-10-4-1-5-11-18)25-19-12-6-2-7-13-19;1-4-10-18(11-5-1)22-21(23-19-12-6-2-7-13-19)16-17-24-20-14-8-3-9-15-20/h1-17H;1-17H. The third-order valence-corrected chi connectivity index (χ3v) is 8.78. The second-order valence-electron chi connectivity index (χ2n) is 10.3. The van der Waals surface area contributed by atoms with Gasteiger partial charge in [0.2, 0.25) is 11.8 Å². The Bertz CT molecular complexity index is 2110. The minimum absolute atomic E-state index is 0.182. The number of thioether (sulfide) groups is 1. The second-order valence-corrected chi connectivity index (χ2v) is 13.1. The average Bonchev–Trinajstić information content (AvgIpc) is 3.17. The summed E-state index contributed by atoms with van der Waals surface area (Å²) in [7, 11) is -3.58. The van der Waals surface area contributed by atoms with E-state index in [1.807, 2.05) is 139 Å². The van der Waals surface area contributed by atoms with Crippen molar-refractivity contribution in [1.29, 1.82) is 0 Å². The fraction of sp³-hybridized carbons (Fsp3) is 0. The number of para-hydroxylation sites is 4. The van der Waals surface area contributed by atoms with Crippen molar-refractivity contribution in [3.05, 3.63) is 205 Å². The summed E-state index contributed by atoms with van der Waals surface area (Å²) in [6.07, 6.45) is 3.25. The Labute approximate surface area is 297 Å². The number of sulfone groups is 1. The monoisotopic (exact) mass is 694 g/mol. The zero-order chi connectivity index (χ0) is 34.7. The van der Waals surface area contributed by atoms with E-state index in [2.05, 4.69) is 22.1 Å². The van der Waals surface area contributed by atoms with Crippen LogP contribution in [0.2, 0.25) is 0 Å². The SMILES string of the molecule is C(=CC(=Nc1ccccc1)Oc1ccccc1)Sc1ccccc1.O=S(=O)(C=CC(=Nc1ccccc1)Oc1ccccc1)c1ccccc1. The van der Waals surface area contributed by atoms with E-state index in [1.165, 1.54) is 11.0 Å². The molecule has 0 unspecified atom stereocenters. The molecule has 0 bridgehead atoms. The lowest BCUT2D eigenvalue weighted by atomic mass is 10.3. The van der Waals surface area contributed by atoms with E-state index in [4.69, 9.17) is 9.47 Å². The highest BCUT2D eigenvalue weighted by atomic mass is 32.2. The molecule has 6 rings (SSSR count). The van der Waals surface area contributed by atoms with Crippen LogP contribution in [0.4, 0.5) is 11.4 Å². The molecule has 0 aliphatic carbocycles. The third kappa shape index (κ3) is 12.2. The number of rotatable bonds is 10. The lowest BCUT2D eigenvalue weighted by Gasteiger charge is -2.06. The molecule has 0 aromatic heterocycles. The summed E-state index contributed by atoms with van der Waals surface area (Å²) in [6.45, 7) is 0. The molecule has 248 valence electrons. The fourth-order valence-electron chi connectivity index (χ4n) is 4.17. The van der Waals surface area contributed by atoms with E-state index >= 15 is 0 Å². The molecule has 0 saturated carbocycles. The highest BCUT2D eigenvalue weighted by Crippen LogP contribution is 2.20. The van der Waals surface area contributed by atoms with Gasteiger partial charge in [-0.05, 0) is 78.2 Å². The highest BCUT2D eigenvalue weighted by Gasteiger charge is 2.10. The van der Waals surface area contributed by atoms with Gasteiger partial charge in [-0.3, -0.25) is 0 Å². The Morgan fingerprint density at radius 1 is 0.480 bits per heavy atom. The molecule has 0 aliphatic heterocycles. The van der Waals surface area contributed by atoms with Crippen LogP contribution in [0.1, 0.15) is 0 Å². The Kier molecular flexibility index (Phi) is 13.5. The zero-order valence-electron chi connectivity index (χ0n) is 27.0. The Balaban J connectivity index is 0.000000195. The van der Waals surface area contributed by atoms with Gasteiger partial charge in [-0.15, -0.1) is 0 Å². The first-order valence-electron chi connectivity index (χ1n) is 15.6. The third-order valence-electron chi connectivity index (χ3n) is 6.54. The van der Waals surface area contributed by atoms with Crippen molar-refractivity contribution in [1.82, 2.24) is 0 Å². The number of aliphatic imine (C=N–C) groups is 2. The molecular weight excluding hydrogens is 661 g/mol. The van der Waals surface area contributed by atoms with Gasteiger partial charge in [0, 0.05) is 22.5 Å². The van der Waals surface area contributed by atoms with Crippen LogP contribution in [-0.2, 0) is 9.84 Å². The topological polar surface area (TPSA) is 77.3 Å². The maximum absolute atomic E-state index is 12.4. The van der Waals surface area contributed by atoms with Crippen molar-refractivity contribution in [3.63, 3.8) is 0 Å². The van der Waals surface area contributed by atoms with Gasteiger partial charge in [-0.1, -0.05) is 121 Å². The van der Waals surface area contributed by atoms with Crippen molar-refractivity contribution < 1.29 is 17.9 Å². The van der Waals surface area contributed by atoms with Crippen molar-refractivity contribution in [3.8, 4) is 11.5 Å². The molecule has 0 heterocycles. The van der Waals surface area contributed by atoms with Crippen LogP contribution in [0, 0.1) is 0 Å². The molecule has 0 amide bonds. The van der Waals surface area contributed by atoms with E-state index in [0.29, 0.717) is 17.3 Å². The maximum atomic E-state index is 12.4. The van der Waals surface area contributed by atoms with E-state index < -0.39 is 9.84 Å². The lowest BCUT2D eigenvalue weighted by molar-refractivity contribution is 0.555. The highest BCUT2D eigenvalue weighted by molar-refractivity contribution is 8.02. The van der Waals surface area contributed by atoms with Crippen LogP contribution in [0.15, 0.2) is 225 Å². The van der Waals surface area contributed by atoms with Gasteiger partial charge in [0.05, 0.1) is 16.3 Å². The molecule has 50 heavy (non-hydrogen) atoms. The van der Waals surface area contributed by atoms with Gasteiger partial charge >= 0.3 is 0 Å². The second kappa shape index (κ2) is 19.1. The van der Waals surface area contributed by atoms with E-state index in [-0.39, 0.29) is 10.8 Å². The lowest BCUT2D eigenvalue weighted by Crippen LogP contribution is -2.06. The van der Waals surface area contributed by atoms with Crippen LogP contribution in [0.25, 0.3) is 0 Å². The van der Waals surface area contributed by atoms with Gasteiger partial charge in [0.1, 0.15) is 11.5 Å². The largest absolute Gasteiger partial charge is 0.439 e. The van der Waals surface area contributed by atoms with Crippen LogP contribution < -0.4 is 9.47 Å². The first-order valence-corrected chi connectivity index (χ1v) is 18.1. The molecule has 0 aliphatic rings. The van der Waals surface area contributed by atoms with Crippen LogP contribution in [-0.4, -0.2) is 20.2 Å². The smallest absolute Gasteiger partial charge is 0.220 e. The minimum Gasteiger partial charge on any atom is -0.439 e. The maximum Gasteiger partial charge on any atom is 0.220 e. The predicted molar refractivity (Wildman–Crippen MR) is 205 cm³/mol. The summed E-state index contributed by atoms with van der Waals surface area (Å²) in [5, 5.41) is 3.09. The minimum atomic E-state index is -3.58. The van der Waals surface area contributed by atoms with E-state index in [0.717, 1.165) is 16.8 Å². The van der Waals surface area contributed by atoms with Crippen molar-refractivity contribution >= 4 is 44.8 Å². The summed E-state index contributed by atoms with van der Waals surface area (Å²) in [4.78, 5) is 10.4. The number of nitrogens with zero attached hydrogens (tertiary/aromatic N) is 2. The number of hydrogen-bond donors (Lipinski definition) is 0. The Morgan fingerprint density at radius 3 is 1.32 bits per heavy atom. The summed E-state index contributed by atoms with van der Waals surface area (Å²) >= 11 is 1.63. The van der Waals surface area contributed by atoms with Gasteiger partial charge in [-0.2, -0.15) is 0 Å². The Morgan fingerprint density at radius 2 is 0.860 bits per heavy atom. The summed E-state index contributed by atoms with van der Waals surface area (Å²) in [6, 6.07) is 56.2. The molecule has 6 aromatic rings. The summed E-state index contributed by atoms with van der Waals surface area (Å²) in [5.74, 6) is 2.07. The first-order chi connectivity index (χ1) is 24.5. The van der Waals surface area contributed by atoms with Crippen molar-refractivity contribution in [2.45, 2.75) is 9.79 Å². The predicted octanol–water partition coefficient (Wildman–Crippen LogP) is 10.9. The van der Waals surface area contributed by atoms with Crippen molar-refractivity contribution in [2.75, 3.05) is 0 Å². The zero-order valence-corrected chi connectivity index (χ0v) is 28.6. The normalized spacial score (nSPS) is 11.9. The van der Waals surface area contributed by atoms with Crippen LogP contribution >= 0.6 is 11.8 Å². The van der Waals surface area contributed by atoms with E-state index in [1.54, 1.807) is 54.2 Å². The fourth-order valence-corrected chi connectivity index (χ4v) is 5.82. The van der Waals surface area contributed by atoms with Crippen molar-refractivity contribution in [2.24, 2.45) is 9.98 Å². The summed E-state index contributed by atoms with van der Waals surface area (Å²) < 4.78 is 36.5. The Hall–Kier alpha value is -5.96. The van der Waals surface area contributed by atoms with Gasteiger partial charge < -0.3 is 9.47 Å². The quantitative estimate of drug-likeness (QED) is 0.0810. The molecule has 8 heteroatoms. The number of benzene rings is 6. The van der Waals surface area contributed by atoms with E-state index in [9.17, 15) is 8.42 Å². The number of ether oxygens (including phenoxy) is 2. The molecular formula is C42H34N2O4S2. The van der Waals surface area contributed by atoms with Gasteiger partial charge in [0.25, 0.3) is 0 Å². The first kappa shape index (κ1) is 35.3. The molecule has 0 atom stereocenters. The molecule has 6 aromatic carbocycles.